The van der Waals surface area contributed by atoms with Crippen molar-refractivity contribution in [2.24, 2.45) is 0 Å². The predicted molar refractivity (Wildman–Crippen MR) is 257 cm³/mol. The van der Waals surface area contributed by atoms with Crippen LogP contribution in [0.15, 0.2) is 24.4 Å². The molecule has 66 heavy (non-hydrogen) atoms. The second-order valence-electron chi connectivity index (χ2n) is 17.5. The van der Waals surface area contributed by atoms with Crippen molar-refractivity contribution in [3.05, 3.63) is 64.0 Å². The van der Waals surface area contributed by atoms with Crippen molar-refractivity contribution >= 4 is 46.4 Å². The highest BCUT2D eigenvalue weighted by Gasteiger charge is 2.37. The molecule has 0 aliphatic carbocycles. The predicted octanol–water partition coefficient (Wildman–Crippen LogP) is 7.88. The van der Waals surface area contributed by atoms with Crippen LogP contribution < -0.4 is 19.6 Å². The number of benzene rings is 1. The number of ether oxygens (including phenoxy) is 3. The molecule has 0 bridgehead atoms. The monoisotopic (exact) mass is 914 g/mol. The third-order valence-corrected chi connectivity index (χ3v) is 13.6. The number of rotatable bonds is 4. The van der Waals surface area contributed by atoms with Gasteiger partial charge in [-0.25, -0.2) is 9.18 Å². The van der Waals surface area contributed by atoms with Crippen LogP contribution in [0.3, 0.4) is 0 Å². The zero-order chi connectivity index (χ0) is 47.2. The van der Waals surface area contributed by atoms with Gasteiger partial charge in [-0.15, -0.1) is 0 Å². The molecule has 17 heteroatoms. The normalized spacial score (nSPS) is 18.3. The molecule has 0 radical (unpaired) electrons. The molecule has 0 atom stereocenters. The van der Waals surface area contributed by atoms with Gasteiger partial charge in [0, 0.05) is 128 Å². The zero-order valence-electron chi connectivity index (χ0n) is 41.0. The minimum Gasteiger partial charge on any atom is -0.453 e. The molecule has 2 saturated heterocycles. The van der Waals surface area contributed by atoms with Crippen molar-refractivity contribution in [1.82, 2.24) is 34.3 Å². The molecule has 16 nitrogen and oxygen atoms in total. The molecule has 6 aliphatic heterocycles. The first-order chi connectivity index (χ1) is 32.0. The molecule has 0 N–H and O–H groups in total. The van der Waals surface area contributed by atoms with E-state index < -0.39 is 0 Å². The number of carbonyl (C=O) groups is 2. The standard InChI is InChI=1S/C23H30FN5O3.C22H30N6O2.2C2H6/c1-15-12-20-21(13-18(15)24)28(9-8-26(20)2)22-17-14-27(23(30)31-3)7-4-19(17)29(25-22)16-5-10-32-11-6-16;1-15-12-20-21(13-23-15)27(9-8-25(20)3)22-18-14-26(16(2)29)7-4-19(18)28(24-22)17-5-10-30-11-6-17;2*1-2/h12-13,16H,4-11,14H2,1-3H3;12-13,17H,4-11,14H2,1-3H3;2*1-2H3. The Balaban J connectivity index is 0.000000183. The number of fused-ring (bicyclic) bond motifs is 4. The maximum atomic E-state index is 14.6. The van der Waals surface area contributed by atoms with Crippen LogP contribution >= 0.6 is 0 Å². The van der Waals surface area contributed by atoms with Gasteiger partial charge >= 0.3 is 6.09 Å². The maximum absolute atomic E-state index is 14.6. The van der Waals surface area contributed by atoms with Crippen LogP contribution in [0.5, 0.6) is 0 Å². The van der Waals surface area contributed by atoms with Gasteiger partial charge in [-0.05, 0) is 63.3 Å². The summed E-state index contributed by atoms with van der Waals surface area (Å²) in [5, 5.41) is 10.3. The van der Waals surface area contributed by atoms with Gasteiger partial charge < -0.3 is 43.6 Å². The summed E-state index contributed by atoms with van der Waals surface area (Å²) in [4.78, 5) is 41.5. The molecule has 3 aromatic heterocycles. The highest BCUT2D eigenvalue weighted by Crippen LogP contribution is 2.44. The smallest absolute Gasteiger partial charge is 0.409 e. The number of likely N-dealkylation sites (N-methyl/N-ethyl adjacent to an activating group) is 2. The Morgan fingerprint density at radius 1 is 0.667 bits per heavy atom. The van der Waals surface area contributed by atoms with Crippen LogP contribution in [-0.2, 0) is 44.9 Å². The molecule has 9 heterocycles. The van der Waals surface area contributed by atoms with Crippen molar-refractivity contribution < 1.29 is 28.2 Å². The van der Waals surface area contributed by atoms with E-state index in [1.807, 2.05) is 58.8 Å². The Morgan fingerprint density at radius 3 is 1.67 bits per heavy atom. The Kier molecular flexibility index (Phi) is 15.8. The Hall–Kier alpha value is -5.42. The number of nitrogens with zero attached hydrogens (tertiary/aromatic N) is 11. The first-order valence-electron chi connectivity index (χ1n) is 24.2. The number of amides is 2. The van der Waals surface area contributed by atoms with E-state index >= 15 is 0 Å². The Labute approximate surface area is 390 Å². The average molecular weight is 914 g/mol. The van der Waals surface area contributed by atoms with Crippen LogP contribution in [0.4, 0.5) is 43.6 Å². The fourth-order valence-corrected chi connectivity index (χ4v) is 9.96. The quantitative estimate of drug-likeness (QED) is 0.198. The molecule has 0 saturated carbocycles. The number of pyridine rings is 1. The number of aryl methyl sites for hydroxylation is 2. The summed E-state index contributed by atoms with van der Waals surface area (Å²) in [5.41, 5.74) is 10.4. The Bertz CT molecular complexity index is 2320. The summed E-state index contributed by atoms with van der Waals surface area (Å²) in [6.45, 7) is 22.2. The first kappa shape index (κ1) is 48.5. The highest BCUT2D eigenvalue weighted by molar-refractivity contribution is 5.81. The lowest BCUT2D eigenvalue weighted by Gasteiger charge is -2.37. The largest absolute Gasteiger partial charge is 0.453 e. The number of aromatic nitrogens is 5. The van der Waals surface area contributed by atoms with Gasteiger partial charge in [0.1, 0.15) is 5.82 Å². The second kappa shape index (κ2) is 21.5. The number of hydrogen-bond donors (Lipinski definition) is 0. The van der Waals surface area contributed by atoms with Gasteiger partial charge in [-0.2, -0.15) is 10.2 Å². The molecule has 6 aliphatic rings. The van der Waals surface area contributed by atoms with Crippen LogP contribution in [-0.4, -0.2) is 133 Å². The van der Waals surface area contributed by atoms with Gasteiger partial charge in [0.15, 0.2) is 11.6 Å². The van der Waals surface area contributed by atoms with Crippen LogP contribution in [0.25, 0.3) is 0 Å². The number of anilines is 6. The molecule has 0 unspecified atom stereocenters. The minimum absolute atomic E-state index is 0.126. The number of methoxy groups -OCH3 is 1. The van der Waals surface area contributed by atoms with Gasteiger partial charge in [0.05, 0.1) is 61.2 Å². The lowest BCUT2D eigenvalue weighted by molar-refractivity contribution is -0.129. The fourth-order valence-electron chi connectivity index (χ4n) is 9.96. The lowest BCUT2D eigenvalue weighted by Crippen LogP contribution is -2.39. The third-order valence-electron chi connectivity index (χ3n) is 13.6. The first-order valence-corrected chi connectivity index (χ1v) is 24.2. The number of halogens is 1. The fraction of sp³-hybridized carbons (Fsp3) is 0.612. The maximum Gasteiger partial charge on any atom is 0.409 e. The summed E-state index contributed by atoms with van der Waals surface area (Å²) in [6, 6.07) is 6.30. The molecular formula is C49H72FN11O5. The third kappa shape index (κ3) is 9.69. The number of carbonyl (C=O) groups excluding carboxylic acids is 2. The van der Waals surface area contributed by atoms with Gasteiger partial charge in [0.25, 0.3) is 0 Å². The van der Waals surface area contributed by atoms with Crippen molar-refractivity contribution in [2.45, 2.75) is 112 Å². The van der Waals surface area contributed by atoms with Crippen molar-refractivity contribution in [1.29, 1.82) is 0 Å². The Morgan fingerprint density at radius 2 is 1.15 bits per heavy atom. The molecule has 4 aromatic rings. The van der Waals surface area contributed by atoms with E-state index in [1.165, 1.54) is 29.7 Å². The van der Waals surface area contributed by atoms with Crippen molar-refractivity contribution in [3.63, 3.8) is 0 Å². The van der Waals surface area contributed by atoms with E-state index in [4.69, 9.17) is 24.4 Å². The van der Waals surface area contributed by atoms with Gasteiger partial charge in [-0.3, -0.25) is 19.1 Å². The SMILES string of the molecule is CC.CC.CC(=O)N1CCc2c(c(N3CCN(C)c4cc(C)ncc43)nn2C2CCOCC2)C1.COC(=O)N1CCc2c(c(N3CCN(C)c4cc(C)c(F)cc43)nn2C2CCOCC2)C1. The molecular weight excluding hydrogens is 842 g/mol. The van der Waals surface area contributed by atoms with Crippen LogP contribution in [0, 0.1) is 19.7 Å². The molecule has 2 amide bonds. The molecule has 360 valence electrons. The van der Waals surface area contributed by atoms with Crippen molar-refractivity contribution in [3.8, 4) is 0 Å². The summed E-state index contributed by atoms with van der Waals surface area (Å²) in [7, 11) is 5.57. The van der Waals surface area contributed by atoms with E-state index in [2.05, 4.69) is 47.1 Å². The van der Waals surface area contributed by atoms with Gasteiger partial charge in [-0.1, -0.05) is 27.7 Å². The summed E-state index contributed by atoms with van der Waals surface area (Å²) >= 11 is 0. The van der Waals surface area contributed by atoms with Crippen LogP contribution in [0.1, 0.15) is 106 Å². The average Bonchev–Trinajstić information content (AvgIpc) is 3.93. The molecule has 10 rings (SSSR count). The zero-order valence-corrected chi connectivity index (χ0v) is 41.0. The number of hydrogen-bond acceptors (Lipinski definition) is 12. The summed E-state index contributed by atoms with van der Waals surface area (Å²) < 4.78 is 35.2. The highest BCUT2D eigenvalue weighted by atomic mass is 19.1. The van der Waals surface area contributed by atoms with E-state index in [0.29, 0.717) is 37.8 Å². The molecule has 1 aromatic carbocycles. The summed E-state index contributed by atoms with van der Waals surface area (Å²) in [5.74, 6) is 1.71. The second-order valence-corrected chi connectivity index (χ2v) is 17.5. The van der Waals surface area contributed by atoms with Crippen LogP contribution in [0.2, 0.25) is 0 Å². The summed E-state index contributed by atoms with van der Waals surface area (Å²) in [6.07, 6.45) is 7.02. The minimum atomic E-state index is -0.333. The van der Waals surface area contributed by atoms with E-state index in [9.17, 15) is 14.0 Å². The van der Waals surface area contributed by atoms with Gasteiger partial charge in [0.2, 0.25) is 5.91 Å². The lowest BCUT2D eigenvalue weighted by atomic mass is 10.0. The van der Waals surface area contributed by atoms with Crippen molar-refractivity contribution in [2.75, 3.05) is 107 Å². The topological polar surface area (TPSA) is 130 Å². The molecule has 0 spiro atoms. The van der Waals surface area contributed by atoms with E-state index in [0.717, 1.165) is 131 Å². The van der Waals surface area contributed by atoms with E-state index in [-0.39, 0.29) is 23.9 Å². The molecule has 2 fully saturated rings. The van der Waals surface area contributed by atoms with E-state index in [1.54, 1.807) is 24.8 Å².